The van der Waals surface area contributed by atoms with Crippen LogP contribution in [0.25, 0.3) is 0 Å². The summed E-state index contributed by atoms with van der Waals surface area (Å²) in [6.45, 7) is 1.66. The number of benzene rings is 1. The Morgan fingerprint density at radius 2 is 2.24 bits per heavy atom. The summed E-state index contributed by atoms with van der Waals surface area (Å²) in [5.74, 6) is 0.241. The van der Waals surface area contributed by atoms with Crippen LogP contribution >= 0.6 is 0 Å². The fourth-order valence-corrected chi connectivity index (χ4v) is 1.85. The van der Waals surface area contributed by atoms with Crippen molar-refractivity contribution in [3.8, 4) is 5.75 Å². The van der Waals surface area contributed by atoms with Crippen LogP contribution in [0.15, 0.2) is 18.2 Å². The van der Waals surface area contributed by atoms with Crippen LogP contribution in [-0.4, -0.2) is 23.3 Å². The van der Waals surface area contributed by atoms with Crippen molar-refractivity contribution >= 4 is 6.09 Å². The molecule has 2 rings (SSSR count). The number of hydrogen-bond donors (Lipinski definition) is 2. The standard InChI is InChI=1S/C12H14FNO3/c1-7-10(13)3-2-4-11(7)17-9-5-8(6-9)14-12(15)16/h2-4,8-9,14H,5-6H2,1H3,(H,15,16)/t8-,9-. The van der Waals surface area contributed by atoms with Crippen molar-refractivity contribution in [1.82, 2.24) is 5.32 Å². The van der Waals surface area contributed by atoms with E-state index in [1.165, 1.54) is 6.07 Å². The van der Waals surface area contributed by atoms with Crippen molar-refractivity contribution in [1.29, 1.82) is 0 Å². The molecule has 0 unspecified atom stereocenters. The van der Waals surface area contributed by atoms with E-state index in [-0.39, 0.29) is 18.0 Å². The van der Waals surface area contributed by atoms with Crippen LogP contribution < -0.4 is 10.1 Å². The van der Waals surface area contributed by atoms with Gasteiger partial charge in [-0.2, -0.15) is 0 Å². The maximum atomic E-state index is 13.2. The molecule has 0 atom stereocenters. The number of ether oxygens (including phenoxy) is 1. The number of halogens is 1. The number of nitrogens with one attached hydrogen (secondary N) is 1. The van der Waals surface area contributed by atoms with Gasteiger partial charge in [0.05, 0.1) is 0 Å². The lowest BCUT2D eigenvalue weighted by atomic mass is 9.89. The van der Waals surface area contributed by atoms with Gasteiger partial charge >= 0.3 is 6.09 Å². The lowest BCUT2D eigenvalue weighted by Gasteiger charge is -2.35. The van der Waals surface area contributed by atoms with Gasteiger partial charge in [0, 0.05) is 24.4 Å². The number of amides is 1. The van der Waals surface area contributed by atoms with E-state index in [4.69, 9.17) is 9.84 Å². The third-order valence-electron chi connectivity index (χ3n) is 2.93. The molecule has 0 aromatic heterocycles. The Labute approximate surface area is 98.4 Å². The average Bonchev–Trinajstić information content (AvgIpc) is 2.20. The van der Waals surface area contributed by atoms with E-state index >= 15 is 0 Å². The zero-order chi connectivity index (χ0) is 12.4. The summed E-state index contributed by atoms with van der Waals surface area (Å²) in [6, 6.07) is 4.66. The summed E-state index contributed by atoms with van der Waals surface area (Å²) in [4.78, 5) is 10.4. The predicted molar refractivity (Wildman–Crippen MR) is 59.7 cm³/mol. The summed E-state index contributed by atoms with van der Waals surface area (Å²) >= 11 is 0. The molecule has 92 valence electrons. The van der Waals surface area contributed by atoms with Gasteiger partial charge < -0.3 is 15.2 Å². The van der Waals surface area contributed by atoms with Gasteiger partial charge in [0.2, 0.25) is 0 Å². The van der Waals surface area contributed by atoms with E-state index in [1.54, 1.807) is 19.1 Å². The molecule has 1 saturated carbocycles. The van der Waals surface area contributed by atoms with Crippen LogP contribution in [0.5, 0.6) is 5.75 Å². The first-order chi connectivity index (χ1) is 8.06. The highest BCUT2D eigenvalue weighted by Gasteiger charge is 2.32. The van der Waals surface area contributed by atoms with Crippen molar-refractivity contribution < 1.29 is 19.0 Å². The minimum atomic E-state index is -1.02. The van der Waals surface area contributed by atoms with Crippen molar-refractivity contribution in [2.75, 3.05) is 0 Å². The van der Waals surface area contributed by atoms with Gasteiger partial charge in [-0.05, 0) is 19.1 Å². The maximum absolute atomic E-state index is 13.2. The molecule has 0 aliphatic heterocycles. The van der Waals surface area contributed by atoms with E-state index in [1.807, 2.05) is 0 Å². The van der Waals surface area contributed by atoms with Crippen molar-refractivity contribution in [2.24, 2.45) is 0 Å². The average molecular weight is 239 g/mol. The third kappa shape index (κ3) is 2.67. The lowest BCUT2D eigenvalue weighted by molar-refractivity contribution is 0.0824. The smallest absolute Gasteiger partial charge is 0.404 e. The molecule has 1 fully saturated rings. The second kappa shape index (κ2) is 4.61. The molecule has 0 heterocycles. The summed E-state index contributed by atoms with van der Waals surface area (Å²) in [5, 5.41) is 10.9. The van der Waals surface area contributed by atoms with Crippen LogP contribution in [0.1, 0.15) is 18.4 Å². The highest BCUT2D eigenvalue weighted by molar-refractivity contribution is 5.65. The van der Waals surface area contributed by atoms with Crippen LogP contribution in [-0.2, 0) is 0 Å². The van der Waals surface area contributed by atoms with Gasteiger partial charge in [-0.1, -0.05) is 6.07 Å². The monoisotopic (exact) mass is 239 g/mol. The van der Waals surface area contributed by atoms with Crippen molar-refractivity contribution in [3.63, 3.8) is 0 Å². The molecule has 1 aliphatic rings. The Bertz CT molecular complexity index is 430. The van der Waals surface area contributed by atoms with Gasteiger partial charge in [0.15, 0.2) is 0 Å². The normalized spacial score (nSPS) is 22.7. The molecule has 17 heavy (non-hydrogen) atoms. The predicted octanol–water partition coefficient (Wildman–Crippen LogP) is 2.31. The molecule has 0 radical (unpaired) electrons. The van der Waals surface area contributed by atoms with Crippen molar-refractivity contribution in [2.45, 2.75) is 31.9 Å². The molecule has 1 aromatic carbocycles. The minimum Gasteiger partial charge on any atom is -0.490 e. The van der Waals surface area contributed by atoms with Crippen molar-refractivity contribution in [3.05, 3.63) is 29.6 Å². The van der Waals surface area contributed by atoms with Crippen LogP contribution in [0.3, 0.4) is 0 Å². The largest absolute Gasteiger partial charge is 0.490 e. The fraction of sp³-hybridized carbons (Fsp3) is 0.417. The molecule has 5 heteroatoms. The number of carboxylic acid groups (broad SMARTS) is 1. The second-order valence-corrected chi connectivity index (χ2v) is 4.22. The molecule has 1 aliphatic carbocycles. The number of hydrogen-bond acceptors (Lipinski definition) is 2. The zero-order valence-corrected chi connectivity index (χ0v) is 9.44. The molecule has 0 saturated heterocycles. The minimum absolute atomic E-state index is 0.0349. The van der Waals surface area contributed by atoms with E-state index in [9.17, 15) is 9.18 Å². The first kappa shape index (κ1) is 11.7. The van der Waals surface area contributed by atoms with E-state index in [0.29, 0.717) is 24.2 Å². The number of rotatable bonds is 3. The fourth-order valence-electron chi connectivity index (χ4n) is 1.85. The first-order valence-electron chi connectivity index (χ1n) is 5.47. The van der Waals surface area contributed by atoms with Crippen LogP contribution in [0.4, 0.5) is 9.18 Å². The topological polar surface area (TPSA) is 58.6 Å². The SMILES string of the molecule is Cc1c(F)cccc1O[C@H]1C[C@H](NC(=O)O)C1. The van der Waals surface area contributed by atoms with Gasteiger partial charge in [-0.15, -0.1) is 0 Å². The quantitative estimate of drug-likeness (QED) is 0.851. The Morgan fingerprint density at radius 1 is 1.53 bits per heavy atom. The molecule has 1 amide bonds. The summed E-state index contributed by atoms with van der Waals surface area (Å²) < 4.78 is 18.8. The molecular weight excluding hydrogens is 225 g/mol. The Morgan fingerprint density at radius 3 is 2.88 bits per heavy atom. The molecule has 4 nitrogen and oxygen atoms in total. The first-order valence-corrected chi connectivity index (χ1v) is 5.47. The van der Waals surface area contributed by atoms with Crippen LogP contribution in [0.2, 0.25) is 0 Å². The van der Waals surface area contributed by atoms with E-state index in [0.717, 1.165) is 0 Å². The summed E-state index contributed by atoms with van der Waals surface area (Å²) in [7, 11) is 0. The summed E-state index contributed by atoms with van der Waals surface area (Å²) in [5.41, 5.74) is 0.488. The third-order valence-corrected chi connectivity index (χ3v) is 2.93. The van der Waals surface area contributed by atoms with Gasteiger partial charge in [0.1, 0.15) is 17.7 Å². The summed E-state index contributed by atoms with van der Waals surface area (Å²) in [6.07, 6.45) is 0.201. The molecule has 0 spiro atoms. The van der Waals surface area contributed by atoms with Gasteiger partial charge in [-0.3, -0.25) is 0 Å². The molecule has 2 N–H and O–H groups in total. The van der Waals surface area contributed by atoms with Crippen LogP contribution in [0, 0.1) is 12.7 Å². The maximum Gasteiger partial charge on any atom is 0.404 e. The number of carbonyl (C=O) groups is 1. The van der Waals surface area contributed by atoms with Gasteiger partial charge in [0.25, 0.3) is 0 Å². The Hall–Kier alpha value is -1.78. The molecule has 0 bridgehead atoms. The molecular formula is C12H14FNO3. The van der Waals surface area contributed by atoms with E-state index in [2.05, 4.69) is 5.32 Å². The Kier molecular flexibility index (Phi) is 3.17. The second-order valence-electron chi connectivity index (χ2n) is 4.22. The molecule has 1 aromatic rings. The highest BCUT2D eigenvalue weighted by atomic mass is 19.1. The van der Waals surface area contributed by atoms with Gasteiger partial charge in [-0.25, -0.2) is 9.18 Å². The lowest BCUT2D eigenvalue weighted by Crippen LogP contribution is -2.48. The van der Waals surface area contributed by atoms with E-state index < -0.39 is 6.09 Å². The zero-order valence-electron chi connectivity index (χ0n) is 9.44. The highest BCUT2D eigenvalue weighted by Crippen LogP contribution is 2.28. The Balaban J connectivity index is 1.88.